The molecule has 0 aliphatic rings. The fourth-order valence-electron chi connectivity index (χ4n) is 1.33. The molecule has 2 heterocycles. The summed E-state index contributed by atoms with van der Waals surface area (Å²) in [7, 11) is 0. The maximum absolute atomic E-state index is 13.0. The van der Waals surface area contributed by atoms with Gasteiger partial charge in [-0.05, 0) is 13.0 Å². The van der Waals surface area contributed by atoms with Crippen molar-refractivity contribution in [3.05, 3.63) is 40.9 Å². The first-order valence-corrected chi connectivity index (χ1v) is 5.37. The lowest BCUT2D eigenvalue weighted by Crippen LogP contribution is -2.21. The summed E-state index contributed by atoms with van der Waals surface area (Å²) in [5.41, 5.74) is 4.53. The molecule has 4 nitrogen and oxygen atoms in total. The van der Waals surface area contributed by atoms with E-state index in [0.717, 1.165) is 17.5 Å². The zero-order valence-corrected chi connectivity index (χ0v) is 9.33. The first kappa shape index (κ1) is 11.0. The molecule has 3 N–H and O–H groups in total. The average molecular weight is 239 g/mol. The van der Waals surface area contributed by atoms with Gasteiger partial charge in [-0.3, -0.25) is 4.98 Å². The average Bonchev–Trinajstić information content (AvgIpc) is 2.65. The molecule has 0 fully saturated rings. The zero-order chi connectivity index (χ0) is 11.8. The second kappa shape index (κ2) is 3.80. The predicted octanol–water partition coefficient (Wildman–Crippen LogP) is 1.52. The summed E-state index contributed by atoms with van der Waals surface area (Å²) in [4.78, 5) is 8.11. The van der Waals surface area contributed by atoms with Gasteiger partial charge in [0.1, 0.15) is 11.4 Å². The van der Waals surface area contributed by atoms with Crippen LogP contribution in [0.15, 0.2) is 24.7 Å². The second-order valence-electron chi connectivity index (χ2n) is 3.53. The van der Waals surface area contributed by atoms with Crippen LogP contribution in [0, 0.1) is 5.82 Å². The number of pyridine rings is 1. The normalized spacial score (nSPS) is 14.7. The fraction of sp³-hybridized carbons (Fsp3) is 0.200. The van der Waals surface area contributed by atoms with Gasteiger partial charge in [-0.1, -0.05) is 11.3 Å². The van der Waals surface area contributed by atoms with Crippen LogP contribution in [0.2, 0.25) is 0 Å². The standard InChI is InChI=1S/C10H10FN3OS/c1-10(15,8-5-14-9(12)16-8)6-2-7(11)4-13-3-6/h2-5,15H,1H3,(H2,12,14). The third kappa shape index (κ3) is 1.89. The molecule has 0 saturated carbocycles. The summed E-state index contributed by atoms with van der Waals surface area (Å²) in [6.07, 6.45) is 3.98. The maximum atomic E-state index is 13.0. The topological polar surface area (TPSA) is 72.0 Å². The molecule has 0 aliphatic carbocycles. The van der Waals surface area contributed by atoms with Gasteiger partial charge in [0.25, 0.3) is 0 Å². The van der Waals surface area contributed by atoms with Crippen molar-refractivity contribution < 1.29 is 9.50 Å². The molecule has 0 aromatic carbocycles. The van der Waals surface area contributed by atoms with Crippen molar-refractivity contribution in [2.75, 3.05) is 5.73 Å². The molecule has 16 heavy (non-hydrogen) atoms. The van der Waals surface area contributed by atoms with Gasteiger partial charge < -0.3 is 10.8 Å². The molecule has 0 spiro atoms. The summed E-state index contributed by atoms with van der Waals surface area (Å²) < 4.78 is 13.0. The van der Waals surface area contributed by atoms with Crippen LogP contribution in [-0.4, -0.2) is 15.1 Å². The molecule has 0 radical (unpaired) electrons. The summed E-state index contributed by atoms with van der Waals surface area (Å²) in [5, 5.41) is 10.7. The van der Waals surface area contributed by atoms with E-state index >= 15 is 0 Å². The van der Waals surface area contributed by atoms with Gasteiger partial charge in [0.05, 0.1) is 11.1 Å². The van der Waals surface area contributed by atoms with E-state index in [4.69, 9.17) is 5.73 Å². The van der Waals surface area contributed by atoms with E-state index in [1.807, 2.05) is 0 Å². The third-order valence-electron chi connectivity index (χ3n) is 2.27. The number of rotatable bonds is 2. The van der Waals surface area contributed by atoms with Gasteiger partial charge in [0, 0.05) is 18.0 Å². The lowest BCUT2D eigenvalue weighted by Gasteiger charge is -2.21. The molecule has 1 atom stereocenters. The molecular weight excluding hydrogens is 229 g/mol. The smallest absolute Gasteiger partial charge is 0.180 e. The molecule has 0 amide bonds. The number of aliphatic hydroxyl groups is 1. The van der Waals surface area contributed by atoms with E-state index in [1.54, 1.807) is 6.92 Å². The number of nitrogens with zero attached hydrogens (tertiary/aromatic N) is 2. The van der Waals surface area contributed by atoms with E-state index < -0.39 is 11.4 Å². The van der Waals surface area contributed by atoms with E-state index in [1.165, 1.54) is 18.5 Å². The molecule has 0 bridgehead atoms. The minimum atomic E-state index is -1.33. The predicted molar refractivity (Wildman–Crippen MR) is 59.4 cm³/mol. The van der Waals surface area contributed by atoms with Gasteiger partial charge in [-0.15, -0.1) is 0 Å². The molecular formula is C10H10FN3OS. The van der Waals surface area contributed by atoms with Crippen LogP contribution in [0.5, 0.6) is 0 Å². The molecule has 2 aromatic heterocycles. The van der Waals surface area contributed by atoms with Crippen molar-refractivity contribution in [2.45, 2.75) is 12.5 Å². The van der Waals surface area contributed by atoms with Crippen molar-refractivity contribution in [3.63, 3.8) is 0 Å². The van der Waals surface area contributed by atoms with Gasteiger partial charge >= 0.3 is 0 Å². The first-order chi connectivity index (χ1) is 7.50. The second-order valence-corrected chi connectivity index (χ2v) is 4.59. The van der Waals surface area contributed by atoms with E-state index in [2.05, 4.69) is 9.97 Å². The quantitative estimate of drug-likeness (QED) is 0.833. The first-order valence-electron chi connectivity index (χ1n) is 4.55. The number of thiazole rings is 1. The Hall–Kier alpha value is -1.53. The monoisotopic (exact) mass is 239 g/mol. The van der Waals surface area contributed by atoms with Crippen LogP contribution >= 0.6 is 11.3 Å². The van der Waals surface area contributed by atoms with Crippen LogP contribution in [0.4, 0.5) is 9.52 Å². The van der Waals surface area contributed by atoms with E-state index in [-0.39, 0.29) is 0 Å². The highest BCUT2D eigenvalue weighted by molar-refractivity contribution is 7.15. The number of anilines is 1. The molecule has 0 aliphatic heterocycles. The molecule has 2 rings (SSSR count). The Morgan fingerprint density at radius 1 is 1.44 bits per heavy atom. The Morgan fingerprint density at radius 2 is 2.19 bits per heavy atom. The highest BCUT2D eigenvalue weighted by atomic mass is 32.1. The Balaban J connectivity index is 2.46. The Labute approximate surface area is 95.6 Å². The van der Waals surface area contributed by atoms with Gasteiger partial charge in [0.2, 0.25) is 0 Å². The SMILES string of the molecule is CC(O)(c1cncc(F)c1)c1cnc(N)s1. The number of halogens is 1. The number of aromatic nitrogens is 2. The zero-order valence-electron chi connectivity index (χ0n) is 8.51. The molecule has 1 unspecified atom stereocenters. The van der Waals surface area contributed by atoms with Crippen molar-refractivity contribution >= 4 is 16.5 Å². The van der Waals surface area contributed by atoms with Crippen molar-refractivity contribution in [1.82, 2.24) is 9.97 Å². The third-order valence-corrected chi connectivity index (χ3v) is 3.31. The summed E-state index contributed by atoms with van der Waals surface area (Å²) in [6, 6.07) is 1.24. The van der Waals surface area contributed by atoms with Crippen molar-refractivity contribution in [2.24, 2.45) is 0 Å². The molecule has 0 saturated heterocycles. The molecule has 6 heteroatoms. The minimum Gasteiger partial charge on any atom is -0.380 e. The van der Waals surface area contributed by atoms with Crippen molar-refractivity contribution in [1.29, 1.82) is 0 Å². The van der Waals surface area contributed by atoms with Crippen LogP contribution in [0.3, 0.4) is 0 Å². The van der Waals surface area contributed by atoms with Gasteiger partial charge in [-0.2, -0.15) is 0 Å². The number of nitrogens with two attached hydrogens (primary N) is 1. The Kier molecular flexibility index (Phi) is 2.61. The van der Waals surface area contributed by atoms with Crippen LogP contribution in [-0.2, 0) is 5.60 Å². The van der Waals surface area contributed by atoms with Crippen molar-refractivity contribution in [3.8, 4) is 0 Å². The van der Waals surface area contributed by atoms with Crippen LogP contribution < -0.4 is 5.73 Å². The van der Waals surface area contributed by atoms with Crippen LogP contribution in [0.25, 0.3) is 0 Å². The van der Waals surface area contributed by atoms with Gasteiger partial charge in [-0.25, -0.2) is 9.37 Å². The number of hydrogen-bond acceptors (Lipinski definition) is 5. The van der Waals surface area contributed by atoms with E-state index in [9.17, 15) is 9.50 Å². The lowest BCUT2D eigenvalue weighted by atomic mass is 9.96. The number of nitrogen functional groups attached to an aromatic ring is 1. The lowest BCUT2D eigenvalue weighted by molar-refractivity contribution is 0.105. The fourth-order valence-corrected chi connectivity index (χ4v) is 2.09. The summed E-state index contributed by atoms with van der Waals surface area (Å²) in [5.74, 6) is -0.490. The minimum absolute atomic E-state index is 0.361. The van der Waals surface area contributed by atoms with Crippen LogP contribution in [0.1, 0.15) is 17.4 Å². The highest BCUT2D eigenvalue weighted by Gasteiger charge is 2.28. The Bertz CT molecular complexity index is 512. The largest absolute Gasteiger partial charge is 0.380 e. The van der Waals surface area contributed by atoms with E-state index in [0.29, 0.717) is 15.6 Å². The summed E-state index contributed by atoms with van der Waals surface area (Å²) >= 11 is 1.16. The molecule has 2 aromatic rings. The number of hydrogen-bond donors (Lipinski definition) is 2. The maximum Gasteiger partial charge on any atom is 0.180 e. The van der Waals surface area contributed by atoms with Gasteiger partial charge in [0.15, 0.2) is 5.13 Å². The Morgan fingerprint density at radius 3 is 2.75 bits per heavy atom. The highest BCUT2D eigenvalue weighted by Crippen LogP contribution is 2.33. The molecule has 84 valence electrons. The summed E-state index contributed by atoms with van der Waals surface area (Å²) in [6.45, 7) is 1.55.